The van der Waals surface area contributed by atoms with E-state index in [9.17, 15) is 9.59 Å². The smallest absolute Gasteiger partial charge is 0.155 e. The number of rotatable bonds is 2. The maximum absolute atomic E-state index is 11.8. The Morgan fingerprint density at radius 3 is 2.86 bits per heavy atom. The minimum atomic E-state index is -0.338. The molecular formula is C12H14O2. The molecule has 0 spiro atoms. The van der Waals surface area contributed by atoms with E-state index in [1.54, 1.807) is 12.2 Å². The number of allylic oxidation sites excluding steroid dienone is 3. The Morgan fingerprint density at radius 1 is 1.36 bits per heavy atom. The third-order valence-electron chi connectivity index (χ3n) is 3.40. The van der Waals surface area contributed by atoms with Crippen LogP contribution in [0.15, 0.2) is 24.3 Å². The minimum absolute atomic E-state index is 0.175. The summed E-state index contributed by atoms with van der Waals surface area (Å²) in [5.41, 5.74) is 0.717. The first-order chi connectivity index (χ1) is 6.69. The monoisotopic (exact) mass is 190 g/mol. The van der Waals surface area contributed by atoms with Gasteiger partial charge in [-0.25, -0.2) is 0 Å². The fourth-order valence-electron chi connectivity index (χ4n) is 2.61. The lowest BCUT2D eigenvalue weighted by Crippen LogP contribution is -2.30. The molecule has 74 valence electrons. The summed E-state index contributed by atoms with van der Waals surface area (Å²) in [5.74, 6) is 0.477. The summed E-state index contributed by atoms with van der Waals surface area (Å²) in [4.78, 5) is 23.1. The molecule has 0 amide bonds. The van der Waals surface area contributed by atoms with Gasteiger partial charge in [-0.2, -0.15) is 0 Å². The van der Waals surface area contributed by atoms with Crippen LogP contribution in [0.1, 0.15) is 32.1 Å². The molecule has 1 atom stereocenters. The van der Waals surface area contributed by atoms with Crippen molar-refractivity contribution in [2.75, 3.05) is 0 Å². The molecule has 0 aromatic heterocycles. The number of carbonyl (C=O) groups is 2. The third kappa shape index (κ3) is 1.17. The molecule has 1 saturated carbocycles. The fraction of sp³-hybridized carbons (Fsp3) is 0.500. The molecule has 0 heterocycles. The molecule has 1 unspecified atom stereocenters. The number of carbonyl (C=O) groups excluding carboxylic acids is 2. The molecule has 0 saturated heterocycles. The van der Waals surface area contributed by atoms with Crippen molar-refractivity contribution in [2.24, 2.45) is 5.41 Å². The van der Waals surface area contributed by atoms with Gasteiger partial charge in [-0.05, 0) is 25.3 Å². The van der Waals surface area contributed by atoms with Crippen molar-refractivity contribution in [2.45, 2.75) is 32.1 Å². The molecule has 2 nitrogen and oxygen atoms in total. The van der Waals surface area contributed by atoms with Crippen molar-refractivity contribution in [1.82, 2.24) is 0 Å². The molecular weight excluding hydrogens is 176 g/mol. The van der Waals surface area contributed by atoms with Crippen LogP contribution in [-0.2, 0) is 9.59 Å². The van der Waals surface area contributed by atoms with E-state index in [2.05, 4.69) is 6.58 Å². The van der Waals surface area contributed by atoms with E-state index in [0.717, 1.165) is 12.0 Å². The van der Waals surface area contributed by atoms with Crippen molar-refractivity contribution in [1.29, 1.82) is 0 Å². The van der Waals surface area contributed by atoms with Gasteiger partial charge in [0.2, 0.25) is 0 Å². The second-order valence-corrected chi connectivity index (χ2v) is 4.13. The summed E-state index contributed by atoms with van der Waals surface area (Å²) in [7, 11) is 0. The lowest BCUT2D eigenvalue weighted by molar-refractivity contribution is -0.125. The molecule has 2 heteroatoms. The van der Waals surface area contributed by atoms with Crippen LogP contribution in [0.4, 0.5) is 0 Å². The Morgan fingerprint density at radius 2 is 2.14 bits per heavy atom. The summed E-state index contributed by atoms with van der Waals surface area (Å²) in [5, 5.41) is 0. The van der Waals surface area contributed by atoms with Crippen LogP contribution >= 0.6 is 0 Å². The Bertz CT molecular complexity index is 338. The van der Waals surface area contributed by atoms with Gasteiger partial charge < -0.3 is 0 Å². The first-order valence-electron chi connectivity index (χ1n) is 5.07. The van der Waals surface area contributed by atoms with Crippen molar-refractivity contribution < 1.29 is 9.59 Å². The average molecular weight is 190 g/mol. The second kappa shape index (κ2) is 3.19. The van der Waals surface area contributed by atoms with Gasteiger partial charge in [0.1, 0.15) is 5.78 Å². The second-order valence-electron chi connectivity index (χ2n) is 4.13. The van der Waals surface area contributed by atoms with Gasteiger partial charge in [0.25, 0.3) is 0 Å². The SMILES string of the molecule is C=CCC12CCC(=O)C=C1CCC2=O. The number of ketones is 2. The van der Waals surface area contributed by atoms with Crippen LogP contribution < -0.4 is 0 Å². The highest BCUT2D eigenvalue weighted by atomic mass is 16.1. The molecule has 14 heavy (non-hydrogen) atoms. The lowest BCUT2D eigenvalue weighted by Gasteiger charge is -2.30. The van der Waals surface area contributed by atoms with Crippen LogP contribution in [0, 0.1) is 5.41 Å². The molecule has 0 aromatic rings. The Hall–Kier alpha value is -1.18. The topological polar surface area (TPSA) is 34.1 Å². The maximum atomic E-state index is 11.8. The zero-order valence-corrected chi connectivity index (χ0v) is 8.21. The van der Waals surface area contributed by atoms with E-state index in [1.807, 2.05) is 0 Å². The highest BCUT2D eigenvalue weighted by Gasteiger charge is 2.46. The number of hydrogen-bond donors (Lipinski definition) is 0. The first-order valence-corrected chi connectivity index (χ1v) is 5.07. The molecule has 2 aliphatic rings. The minimum Gasteiger partial charge on any atom is -0.299 e. The van der Waals surface area contributed by atoms with E-state index in [4.69, 9.17) is 0 Å². The van der Waals surface area contributed by atoms with Gasteiger partial charge in [-0.3, -0.25) is 9.59 Å². The first kappa shape index (κ1) is 9.38. The molecule has 0 bridgehead atoms. The van der Waals surface area contributed by atoms with Crippen LogP contribution in [0.3, 0.4) is 0 Å². The molecule has 0 aliphatic heterocycles. The van der Waals surface area contributed by atoms with Crippen LogP contribution in [0.2, 0.25) is 0 Å². The maximum Gasteiger partial charge on any atom is 0.155 e. The van der Waals surface area contributed by atoms with E-state index in [-0.39, 0.29) is 11.2 Å². The molecule has 0 N–H and O–H groups in total. The zero-order valence-electron chi connectivity index (χ0n) is 8.21. The highest BCUT2D eigenvalue weighted by molar-refractivity contribution is 5.99. The van der Waals surface area contributed by atoms with Gasteiger partial charge in [-0.15, -0.1) is 6.58 Å². The fourth-order valence-corrected chi connectivity index (χ4v) is 2.61. The normalized spacial score (nSPS) is 31.3. The van der Waals surface area contributed by atoms with E-state index in [0.29, 0.717) is 31.5 Å². The molecule has 2 aliphatic carbocycles. The average Bonchev–Trinajstić information content (AvgIpc) is 2.46. The predicted molar refractivity (Wildman–Crippen MR) is 53.8 cm³/mol. The van der Waals surface area contributed by atoms with Gasteiger partial charge in [0.05, 0.1) is 5.41 Å². The van der Waals surface area contributed by atoms with Crippen molar-refractivity contribution in [3.63, 3.8) is 0 Å². The third-order valence-corrected chi connectivity index (χ3v) is 3.40. The van der Waals surface area contributed by atoms with Gasteiger partial charge in [-0.1, -0.05) is 11.6 Å². The van der Waals surface area contributed by atoms with E-state index < -0.39 is 0 Å². The summed E-state index contributed by atoms with van der Waals surface area (Å²) in [6, 6.07) is 0. The summed E-state index contributed by atoms with van der Waals surface area (Å²) < 4.78 is 0. The standard InChI is InChI=1S/C12H14O2/c1-2-6-12-7-5-10(13)8-9(12)3-4-11(12)14/h2,8H,1,3-7H2. The quantitative estimate of drug-likeness (QED) is 0.625. The van der Waals surface area contributed by atoms with Crippen molar-refractivity contribution in [3.05, 3.63) is 24.3 Å². The van der Waals surface area contributed by atoms with Crippen LogP contribution in [0.25, 0.3) is 0 Å². The van der Waals surface area contributed by atoms with Gasteiger partial charge in [0.15, 0.2) is 5.78 Å². The van der Waals surface area contributed by atoms with Crippen LogP contribution in [-0.4, -0.2) is 11.6 Å². The van der Waals surface area contributed by atoms with Gasteiger partial charge >= 0.3 is 0 Å². The van der Waals surface area contributed by atoms with E-state index >= 15 is 0 Å². The Kier molecular flexibility index (Phi) is 2.14. The van der Waals surface area contributed by atoms with Crippen molar-refractivity contribution in [3.8, 4) is 0 Å². The zero-order chi connectivity index (χ0) is 10.2. The summed E-state index contributed by atoms with van der Waals surface area (Å²) in [6.45, 7) is 3.70. The lowest BCUT2D eigenvalue weighted by atomic mass is 9.71. The summed E-state index contributed by atoms with van der Waals surface area (Å²) >= 11 is 0. The van der Waals surface area contributed by atoms with E-state index in [1.165, 1.54) is 0 Å². The Balaban J connectivity index is 2.42. The number of hydrogen-bond acceptors (Lipinski definition) is 2. The largest absolute Gasteiger partial charge is 0.299 e. The van der Waals surface area contributed by atoms with Gasteiger partial charge in [0, 0.05) is 12.8 Å². The highest BCUT2D eigenvalue weighted by Crippen LogP contribution is 2.48. The molecule has 1 fully saturated rings. The molecule has 2 rings (SSSR count). The predicted octanol–water partition coefficient (Wildman–Crippen LogP) is 2.20. The molecule has 0 radical (unpaired) electrons. The summed E-state index contributed by atoms with van der Waals surface area (Å²) in [6.07, 6.45) is 6.78. The van der Waals surface area contributed by atoms with Crippen LogP contribution in [0.5, 0.6) is 0 Å². The Labute approximate surface area is 83.7 Å². The molecule has 0 aromatic carbocycles. The number of fused-ring (bicyclic) bond motifs is 1. The number of Topliss-reactive ketones (excluding diaryl/α,β-unsaturated/α-hetero) is 1. The van der Waals surface area contributed by atoms with Crippen molar-refractivity contribution >= 4 is 11.6 Å².